The van der Waals surface area contributed by atoms with Crippen molar-refractivity contribution in [3.05, 3.63) is 47.7 Å². The average Bonchev–Trinajstić information content (AvgIpc) is 3.09. The molecule has 8 heteroatoms. The zero-order valence-corrected chi connectivity index (χ0v) is 17.4. The lowest BCUT2D eigenvalue weighted by Gasteiger charge is -2.28. The van der Waals surface area contributed by atoms with Crippen LogP contribution in [0.15, 0.2) is 41.6 Å². The molecule has 1 saturated heterocycles. The number of nitrogens with one attached hydrogen (secondary N) is 1. The third kappa shape index (κ3) is 4.44. The molecule has 0 saturated carbocycles. The van der Waals surface area contributed by atoms with Crippen molar-refractivity contribution in [1.82, 2.24) is 19.4 Å². The van der Waals surface area contributed by atoms with Crippen LogP contribution in [0.25, 0.3) is 0 Å². The van der Waals surface area contributed by atoms with Crippen molar-refractivity contribution >= 4 is 15.9 Å². The predicted molar refractivity (Wildman–Crippen MR) is 108 cm³/mol. The summed E-state index contributed by atoms with van der Waals surface area (Å²) in [6, 6.07) is 9.88. The van der Waals surface area contributed by atoms with Gasteiger partial charge in [-0.05, 0) is 30.2 Å². The van der Waals surface area contributed by atoms with Crippen LogP contribution in [0.4, 0.5) is 0 Å². The number of aryl methyl sites for hydroxylation is 1. The second-order valence-corrected chi connectivity index (χ2v) is 9.48. The van der Waals surface area contributed by atoms with Gasteiger partial charge in [0.15, 0.2) is 0 Å². The molecule has 7 nitrogen and oxygen atoms in total. The molecule has 1 fully saturated rings. The van der Waals surface area contributed by atoms with E-state index in [4.69, 9.17) is 0 Å². The number of carbonyl (C=O) groups is 1. The number of nitrogens with zero attached hydrogens (tertiary/aromatic N) is 3. The van der Waals surface area contributed by atoms with Crippen molar-refractivity contribution < 1.29 is 13.2 Å². The Labute approximate surface area is 166 Å². The molecule has 0 bridgehead atoms. The van der Waals surface area contributed by atoms with Crippen LogP contribution in [0.1, 0.15) is 48.5 Å². The average molecular weight is 405 g/mol. The molecule has 2 aromatic rings. The zero-order chi connectivity index (χ0) is 20.3. The number of aromatic nitrogens is 2. The number of sulfonamides is 1. The number of amides is 1. The Kier molecular flexibility index (Phi) is 6.20. The molecule has 1 aliphatic heterocycles. The summed E-state index contributed by atoms with van der Waals surface area (Å²) in [5, 5.41) is 6.81. The molecule has 152 valence electrons. The largest absolute Gasteiger partial charge is 0.351 e. The molecule has 0 radical (unpaired) electrons. The number of hydrogen-bond donors (Lipinski definition) is 1. The lowest BCUT2D eigenvalue weighted by molar-refractivity contribution is 0.0948. The van der Waals surface area contributed by atoms with E-state index in [0.717, 1.165) is 18.4 Å². The number of carbonyl (C=O) groups excluding carboxylic acids is 1. The van der Waals surface area contributed by atoms with Gasteiger partial charge in [-0.25, -0.2) is 8.42 Å². The third-order valence-electron chi connectivity index (χ3n) is 5.30. The fourth-order valence-electron chi connectivity index (χ4n) is 3.40. The molecule has 1 aromatic carbocycles. The Bertz CT molecular complexity index is 916. The predicted octanol–water partition coefficient (Wildman–Crippen LogP) is 2.37. The van der Waals surface area contributed by atoms with Crippen LogP contribution in [0.3, 0.4) is 0 Å². The van der Waals surface area contributed by atoms with Crippen LogP contribution < -0.4 is 5.32 Å². The quantitative estimate of drug-likeness (QED) is 0.801. The van der Waals surface area contributed by atoms with E-state index in [2.05, 4.69) is 17.3 Å². The highest BCUT2D eigenvalue weighted by atomic mass is 32.2. The van der Waals surface area contributed by atoms with Gasteiger partial charge in [-0.15, -0.1) is 0 Å². The van der Waals surface area contributed by atoms with Crippen LogP contribution in [-0.4, -0.2) is 48.0 Å². The Morgan fingerprint density at radius 3 is 2.54 bits per heavy atom. The molecule has 0 aliphatic carbocycles. The monoisotopic (exact) mass is 404 g/mol. The van der Waals surface area contributed by atoms with Gasteiger partial charge in [-0.1, -0.05) is 44.2 Å². The van der Waals surface area contributed by atoms with Crippen LogP contribution in [0.2, 0.25) is 0 Å². The topological polar surface area (TPSA) is 84.3 Å². The molecule has 1 amide bonds. The molecular formula is C20H28N4O3S. The van der Waals surface area contributed by atoms with Gasteiger partial charge in [0, 0.05) is 32.9 Å². The van der Waals surface area contributed by atoms with Crippen LogP contribution in [0.5, 0.6) is 0 Å². The normalized spacial score (nSPS) is 17.4. The van der Waals surface area contributed by atoms with Gasteiger partial charge in [-0.3, -0.25) is 9.48 Å². The highest BCUT2D eigenvalue weighted by Crippen LogP contribution is 2.24. The van der Waals surface area contributed by atoms with E-state index in [9.17, 15) is 13.2 Å². The van der Waals surface area contributed by atoms with Crippen LogP contribution in [-0.2, 0) is 17.1 Å². The van der Waals surface area contributed by atoms with Crippen molar-refractivity contribution in [2.75, 3.05) is 19.6 Å². The lowest BCUT2D eigenvalue weighted by Crippen LogP contribution is -2.39. The van der Waals surface area contributed by atoms with Crippen molar-refractivity contribution in [3.8, 4) is 0 Å². The maximum atomic E-state index is 13.1. The van der Waals surface area contributed by atoms with Crippen LogP contribution >= 0.6 is 0 Å². The molecular weight excluding hydrogens is 376 g/mol. The van der Waals surface area contributed by atoms with Crippen LogP contribution in [0, 0.1) is 5.92 Å². The van der Waals surface area contributed by atoms with E-state index in [-0.39, 0.29) is 16.5 Å². The molecule has 28 heavy (non-hydrogen) atoms. The summed E-state index contributed by atoms with van der Waals surface area (Å²) in [5.41, 5.74) is 1.21. The summed E-state index contributed by atoms with van der Waals surface area (Å²) < 4.78 is 29.0. The molecule has 1 atom stereocenters. The lowest BCUT2D eigenvalue weighted by atomic mass is 10.0. The van der Waals surface area contributed by atoms with Crippen molar-refractivity contribution in [3.63, 3.8) is 0 Å². The first-order chi connectivity index (χ1) is 13.3. The van der Waals surface area contributed by atoms with E-state index in [0.29, 0.717) is 25.6 Å². The summed E-state index contributed by atoms with van der Waals surface area (Å²) >= 11 is 0. The Morgan fingerprint density at radius 2 is 1.89 bits per heavy atom. The second kappa shape index (κ2) is 8.45. The number of piperidine rings is 1. The number of hydrogen-bond acceptors (Lipinski definition) is 4. The molecule has 1 aliphatic rings. The van der Waals surface area contributed by atoms with E-state index < -0.39 is 15.9 Å². The Morgan fingerprint density at radius 1 is 1.25 bits per heavy atom. The highest BCUT2D eigenvalue weighted by molar-refractivity contribution is 7.89. The minimum atomic E-state index is -3.79. The standard InChI is InChI=1S/C20H28N4O3S/c1-15-9-11-24(12-10-15)28(26,27)20-18(14-23(3)22-20)19(25)21-13-16(2)17-7-5-4-6-8-17/h4-8,14-16H,9-13H2,1-3H3,(H,21,25)/t16-/m0/s1. The fourth-order valence-corrected chi connectivity index (χ4v) is 4.99. The number of rotatable bonds is 6. The third-order valence-corrected chi connectivity index (χ3v) is 7.14. The number of benzene rings is 1. The van der Waals surface area contributed by atoms with Gasteiger partial charge in [0.05, 0.1) is 5.56 Å². The van der Waals surface area contributed by atoms with Gasteiger partial charge in [-0.2, -0.15) is 9.40 Å². The Hall–Kier alpha value is -2.19. The second-order valence-electron chi connectivity index (χ2n) is 7.63. The molecule has 2 heterocycles. The van der Waals surface area contributed by atoms with Gasteiger partial charge in [0.25, 0.3) is 15.9 Å². The Balaban J connectivity index is 1.75. The SMILES string of the molecule is CC1CCN(S(=O)(=O)c2nn(C)cc2C(=O)NC[C@H](C)c2ccccc2)CC1. The first-order valence-electron chi connectivity index (χ1n) is 9.66. The van der Waals surface area contributed by atoms with E-state index in [1.165, 1.54) is 15.2 Å². The molecule has 0 spiro atoms. The van der Waals surface area contributed by atoms with Gasteiger partial charge < -0.3 is 5.32 Å². The summed E-state index contributed by atoms with van der Waals surface area (Å²) in [7, 11) is -2.16. The summed E-state index contributed by atoms with van der Waals surface area (Å²) in [6.07, 6.45) is 3.12. The maximum Gasteiger partial charge on any atom is 0.263 e. The maximum absolute atomic E-state index is 13.1. The van der Waals surface area contributed by atoms with E-state index in [1.54, 1.807) is 7.05 Å². The molecule has 0 unspecified atom stereocenters. The molecule has 3 rings (SSSR count). The first-order valence-corrected chi connectivity index (χ1v) is 11.1. The van der Waals surface area contributed by atoms with Gasteiger partial charge >= 0.3 is 0 Å². The molecule has 1 N–H and O–H groups in total. The van der Waals surface area contributed by atoms with E-state index >= 15 is 0 Å². The first kappa shape index (κ1) is 20.5. The highest BCUT2D eigenvalue weighted by Gasteiger charge is 2.34. The summed E-state index contributed by atoms with van der Waals surface area (Å²) in [6.45, 7) is 5.49. The summed E-state index contributed by atoms with van der Waals surface area (Å²) in [5.74, 6) is 0.211. The minimum absolute atomic E-state index is 0.0985. The molecule has 1 aromatic heterocycles. The van der Waals surface area contributed by atoms with Crippen molar-refractivity contribution in [1.29, 1.82) is 0 Å². The van der Waals surface area contributed by atoms with Gasteiger partial charge in [0.1, 0.15) is 0 Å². The fraction of sp³-hybridized carbons (Fsp3) is 0.500. The minimum Gasteiger partial charge on any atom is -0.351 e. The zero-order valence-electron chi connectivity index (χ0n) is 16.6. The summed E-state index contributed by atoms with van der Waals surface area (Å²) in [4.78, 5) is 12.7. The van der Waals surface area contributed by atoms with E-state index in [1.807, 2.05) is 37.3 Å². The van der Waals surface area contributed by atoms with Gasteiger partial charge in [0.2, 0.25) is 5.03 Å². The van der Waals surface area contributed by atoms with Crippen molar-refractivity contribution in [2.45, 2.75) is 37.6 Å². The van der Waals surface area contributed by atoms with Crippen molar-refractivity contribution in [2.24, 2.45) is 13.0 Å². The smallest absolute Gasteiger partial charge is 0.263 e.